The molecule has 0 saturated carbocycles. The summed E-state index contributed by atoms with van der Waals surface area (Å²) < 4.78 is 5.56. The molecule has 1 heterocycles. The molecular formula is C14H16ClNO3. The van der Waals surface area contributed by atoms with Gasteiger partial charge in [-0.2, -0.15) is 0 Å². The van der Waals surface area contributed by atoms with Crippen molar-refractivity contribution in [1.82, 2.24) is 0 Å². The number of amides is 1. The number of alkyl halides is 1. The molecule has 1 amide bonds. The molecule has 1 unspecified atom stereocenters. The van der Waals surface area contributed by atoms with Gasteiger partial charge in [-0.15, -0.1) is 11.6 Å². The third-order valence-corrected chi connectivity index (χ3v) is 3.31. The number of ether oxygens (including phenoxy) is 1. The summed E-state index contributed by atoms with van der Waals surface area (Å²) in [6, 6.07) is 5.06. The van der Waals surface area contributed by atoms with Crippen LogP contribution in [-0.2, 0) is 4.79 Å². The Morgan fingerprint density at radius 3 is 2.74 bits per heavy atom. The normalized spacial score (nSPS) is 18.3. The highest BCUT2D eigenvalue weighted by Gasteiger charge is 2.33. The van der Waals surface area contributed by atoms with E-state index in [1.54, 1.807) is 30.0 Å². The Kier molecular flexibility index (Phi) is 3.80. The van der Waals surface area contributed by atoms with Crippen LogP contribution in [0.1, 0.15) is 31.1 Å². The Bertz CT molecular complexity index is 527. The van der Waals surface area contributed by atoms with Gasteiger partial charge in [0.05, 0.1) is 11.6 Å². The third-order valence-electron chi connectivity index (χ3n) is 3.07. The maximum atomic E-state index is 12.2. The lowest BCUT2D eigenvalue weighted by molar-refractivity contribution is -0.125. The topological polar surface area (TPSA) is 46.6 Å². The van der Waals surface area contributed by atoms with E-state index in [2.05, 4.69) is 0 Å². The van der Waals surface area contributed by atoms with Gasteiger partial charge in [-0.3, -0.25) is 9.59 Å². The number of halogens is 1. The minimum atomic E-state index is -0.510. The minimum absolute atomic E-state index is 0.000969. The first-order chi connectivity index (χ1) is 8.95. The molecule has 4 nitrogen and oxygen atoms in total. The molecule has 1 aromatic rings. The Labute approximate surface area is 117 Å². The number of rotatable bonds is 3. The third kappa shape index (κ3) is 2.45. The lowest BCUT2D eigenvalue weighted by Crippen LogP contribution is -2.47. The van der Waals surface area contributed by atoms with Crippen molar-refractivity contribution in [3.8, 4) is 5.75 Å². The van der Waals surface area contributed by atoms with Crippen LogP contribution in [0.2, 0.25) is 0 Å². The second kappa shape index (κ2) is 5.21. The van der Waals surface area contributed by atoms with Gasteiger partial charge in [-0.1, -0.05) is 0 Å². The zero-order chi connectivity index (χ0) is 14.2. The number of ketones is 1. The number of benzene rings is 1. The first-order valence-corrected chi connectivity index (χ1v) is 6.72. The SMILES string of the molecule is CC1Oc2ccc(C(=O)CCl)cc2N(C(C)C)C1=O. The maximum absolute atomic E-state index is 12.2. The molecule has 0 N–H and O–H groups in total. The van der Waals surface area contributed by atoms with E-state index in [0.29, 0.717) is 17.0 Å². The van der Waals surface area contributed by atoms with Crippen molar-refractivity contribution in [3.63, 3.8) is 0 Å². The first-order valence-electron chi connectivity index (χ1n) is 6.18. The predicted octanol–water partition coefficient (Wildman–Crippen LogP) is 2.63. The van der Waals surface area contributed by atoms with Crippen molar-refractivity contribution in [3.05, 3.63) is 23.8 Å². The lowest BCUT2D eigenvalue weighted by Gasteiger charge is -2.35. The minimum Gasteiger partial charge on any atom is -0.479 e. The molecule has 0 saturated heterocycles. The summed E-state index contributed by atoms with van der Waals surface area (Å²) in [5.74, 6) is 0.273. The largest absolute Gasteiger partial charge is 0.479 e. The molecule has 1 aliphatic heterocycles. The van der Waals surface area contributed by atoms with E-state index < -0.39 is 6.10 Å². The Hall–Kier alpha value is -1.55. The molecule has 0 fully saturated rings. The van der Waals surface area contributed by atoms with Gasteiger partial charge in [0, 0.05) is 11.6 Å². The number of hydrogen-bond donors (Lipinski definition) is 0. The standard InChI is InChI=1S/C14H16ClNO3/c1-8(2)16-11-6-10(12(17)7-15)4-5-13(11)19-9(3)14(16)18/h4-6,8-9H,7H2,1-3H3. The number of nitrogens with zero attached hydrogens (tertiary/aromatic N) is 1. The Balaban J connectivity index is 2.51. The van der Waals surface area contributed by atoms with Crippen molar-refractivity contribution < 1.29 is 14.3 Å². The molecular weight excluding hydrogens is 266 g/mol. The number of fused-ring (bicyclic) bond motifs is 1. The summed E-state index contributed by atoms with van der Waals surface area (Å²) in [6.07, 6.45) is -0.510. The van der Waals surface area contributed by atoms with E-state index in [-0.39, 0.29) is 23.6 Å². The summed E-state index contributed by atoms with van der Waals surface area (Å²) in [4.78, 5) is 25.5. The van der Waals surface area contributed by atoms with Crippen LogP contribution in [0, 0.1) is 0 Å². The van der Waals surface area contributed by atoms with Crippen LogP contribution in [0.5, 0.6) is 5.75 Å². The predicted molar refractivity (Wildman–Crippen MR) is 74.2 cm³/mol. The van der Waals surface area contributed by atoms with Gasteiger partial charge in [0.1, 0.15) is 5.75 Å². The van der Waals surface area contributed by atoms with E-state index in [4.69, 9.17) is 16.3 Å². The van der Waals surface area contributed by atoms with Crippen molar-refractivity contribution in [2.45, 2.75) is 32.9 Å². The zero-order valence-electron chi connectivity index (χ0n) is 11.1. The average molecular weight is 282 g/mol. The number of carbonyl (C=O) groups excluding carboxylic acids is 2. The molecule has 1 atom stereocenters. The van der Waals surface area contributed by atoms with Crippen LogP contribution in [0.3, 0.4) is 0 Å². The molecule has 1 aromatic carbocycles. The quantitative estimate of drug-likeness (QED) is 0.632. The molecule has 0 radical (unpaired) electrons. The van der Waals surface area contributed by atoms with Gasteiger partial charge in [-0.25, -0.2) is 0 Å². The highest BCUT2D eigenvalue weighted by atomic mass is 35.5. The maximum Gasteiger partial charge on any atom is 0.268 e. The molecule has 102 valence electrons. The van der Waals surface area contributed by atoms with E-state index in [1.165, 1.54) is 0 Å². The van der Waals surface area contributed by atoms with Crippen LogP contribution < -0.4 is 9.64 Å². The molecule has 2 rings (SSSR count). The summed E-state index contributed by atoms with van der Waals surface area (Å²) in [7, 11) is 0. The van der Waals surface area contributed by atoms with Crippen LogP contribution in [0.15, 0.2) is 18.2 Å². The molecule has 0 aromatic heterocycles. The molecule has 0 spiro atoms. The summed E-state index contributed by atoms with van der Waals surface area (Å²) in [6.45, 7) is 5.57. The van der Waals surface area contributed by atoms with Gasteiger partial charge in [0.2, 0.25) is 0 Å². The molecule has 0 aliphatic carbocycles. The number of Topliss-reactive ketones (excluding diaryl/α,β-unsaturated/α-hetero) is 1. The van der Waals surface area contributed by atoms with Gasteiger partial charge in [0.15, 0.2) is 11.9 Å². The fourth-order valence-corrected chi connectivity index (χ4v) is 2.30. The summed E-state index contributed by atoms with van der Waals surface area (Å²) >= 11 is 5.56. The van der Waals surface area contributed by atoms with Gasteiger partial charge < -0.3 is 9.64 Å². The molecule has 19 heavy (non-hydrogen) atoms. The number of anilines is 1. The van der Waals surface area contributed by atoms with Crippen molar-refractivity contribution >= 4 is 29.0 Å². The monoisotopic (exact) mass is 281 g/mol. The van der Waals surface area contributed by atoms with E-state index >= 15 is 0 Å². The Morgan fingerprint density at radius 2 is 2.16 bits per heavy atom. The number of carbonyl (C=O) groups is 2. The molecule has 0 bridgehead atoms. The van der Waals surface area contributed by atoms with E-state index in [0.717, 1.165) is 0 Å². The van der Waals surface area contributed by atoms with Crippen LogP contribution >= 0.6 is 11.6 Å². The lowest BCUT2D eigenvalue weighted by atomic mass is 10.1. The fourth-order valence-electron chi connectivity index (χ4n) is 2.14. The van der Waals surface area contributed by atoms with Gasteiger partial charge in [-0.05, 0) is 39.0 Å². The Morgan fingerprint density at radius 1 is 1.47 bits per heavy atom. The summed E-state index contributed by atoms with van der Waals surface area (Å²) in [5.41, 5.74) is 1.12. The van der Waals surface area contributed by atoms with Crippen LogP contribution in [-0.4, -0.2) is 29.7 Å². The summed E-state index contributed by atoms with van der Waals surface area (Å²) in [5, 5.41) is 0. The first kappa shape index (κ1) is 13.9. The van der Waals surface area contributed by atoms with Crippen molar-refractivity contribution in [2.75, 3.05) is 10.8 Å². The van der Waals surface area contributed by atoms with E-state index in [9.17, 15) is 9.59 Å². The second-order valence-corrected chi connectivity index (χ2v) is 5.07. The highest BCUT2D eigenvalue weighted by Crippen LogP contribution is 2.36. The molecule has 5 heteroatoms. The van der Waals surface area contributed by atoms with Crippen molar-refractivity contribution in [1.29, 1.82) is 0 Å². The second-order valence-electron chi connectivity index (χ2n) is 4.80. The molecule has 1 aliphatic rings. The number of hydrogen-bond acceptors (Lipinski definition) is 3. The van der Waals surface area contributed by atoms with Crippen LogP contribution in [0.25, 0.3) is 0 Å². The highest BCUT2D eigenvalue weighted by molar-refractivity contribution is 6.30. The fraction of sp³-hybridized carbons (Fsp3) is 0.429. The van der Waals surface area contributed by atoms with Crippen molar-refractivity contribution in [2.24, 2.45) is 0 Å². The van der Waals surface area contributed by atoms with Crippen LogP contribution in [0.4, 0.5) is 5.69 Å². The van der Waals surface area contributed by atoms with Gasteiger partial charge in [0.25, 0.3) is 5.91 Å². The smallest absolute Gasteiger partial charge is 0.268 e. The van der Waals surface area contributed by atoms with E-state index in [1.807, 2.05) is 13.8 Å². The van der Waals surface area contributed by atoms with Gasteiger partial charge >= 0.3 is 0 Å². The zero-order valence-corrected chi connectivity index (χ0v) is 11.9. The average Bonchev–Trinajstić information content (AvgIpc) is 2.38.